The zero-order valence-corrected chi connectivity index (χ0v) is 12.8. The van der Waals surface area contributed by atoms with Gasteiger partial charge in [-0.05, 0) is 12.5 Å². The highest BCUT2D eigenvalue weighted by molar-refractivity contribution is 6.32. The van der Waals surface area contributed by atoms with E-state index in [-0.39, 0.29) is 19.1 Å². The Hall–Kier alpha value is -1.85. The number of nitrogens with zero attached hydrogens (tertiary/aromatic N) is 3. The second-order valence-electron chi connectivity index (χ2n) is 4.91. The van der Waals surface area contributed by atoms with Gasteiger partial charge in [0.25, 0.3) is 5.91 Å². The molecule has 0 aliphatic carbocycles. The molecule has 2 rings (SSSR count). The van der Waals surface area contributed by atoms with Crippen LogP contribution in [0.15, 0.2) is 30.5 Å². The minimum Gasteiger partial charge on any atom is -0.395 e. The maximum Gasteiger partial charge on any atom is 0.258 e. The van der Waals surface area contributed by atoms with Crippen LogP contribution < -0.4 is 0 Å². The van der Waals surface area contributed by atoms with Crippen LogP contribution in [-0.4, -0.2) is 38.8 Å². The van der Waals surface area contributed by atoms with Gasteiger partial charge in [0.1, 0.15) is 5.15 Å². The molecule has 6 heteroatoms. The molecule has 0 aliphatic rings. The van der Waals surface area contributed by atoms with Crippen LogP contribution >= 0.6 is 11.6 Å². The van der Waals surface area contributed by atoms with Gasteiger partial charge in [0.15, 0.2) is 0 Å². The van der Waals surface area contributed by atoms with Crippen molar-refractivity contribution >= 4 is 17.5 Å². The standard InChI is InChI=1S/C15H18ClN3O2/c1-11-4-3-5-12(8-11)10-19(6-7-20)15(21)13-9-17-18(2)14(13)16/h3-5,8-9,20H,6-7,10H2,1-2H3. The van der Waals surface area contributed by atoms with Gasteiger partial charge in [-0.25, -0.2) is 0 Å². The number of amides is 1. The van der Waals surface area contributed by atoms with Crippen molar-refractivity contribution in [3.8, 4) is 0 Å². The Morgan fingerprint density at radius 3 is 2.81 bits per heavy atom. The molecule has 112 valence electrons. The molecule has 0 saturated carbocycles. The fourth-order valence-corrected chi connectivity index (χ4v) is 2.31. The van der Waals surface area contributed by atoms with Crippen LogP contribution in [0, 0.1) is 6.92 Å². The van der Waals surface area contributed by atoms with Gasteiger partial charge in [0.05, 0.1) is 18.4 Å². The van der Waals surface area contributed by atoms with Crippen molar-refractivity contribution in [2.24, 2.45) is 7.05 Å². The Morgan fingerprint density at radius 2 is 2.24 bits per heavy atom. The third-order valence-corrected chi connectivity index (χ3v) is 3.66. The van der Waals surface area contributed by atoms with Crippen LogP contribution in [0.25, 0.3) is 0 Å². The third-order valence-electron chi connectivity index (χ3n) is 3.21. The molecular formula is C15H18ClN3O2. The largest absolute Gasteiger partial charge is 0.395 e. The first-order valence-electron chi connectivity index (χ1n) is 6.66. The monoisotopic (exact) mass is 307 g/mol. The molecule has 2 aromatic rings. The van der Waals surface area contributed by atoms with E-state index in [2.05, 4.69) is 5.10 Å². The van der Waals surface area contributed by atoms with Gasteiger partial charge in [-0.3, -0.25) is 9.48 Å². The van der Waals surface area contributed by atoms with E-state index in [1.807, 2.05) is 31.2 Å². The number of aliphatic hydroxyl groups excluding tert-OH is 1. The van der Waals surface area contributed by atoms with E-state index in [0.717, 1.165) is 11.1 Å². The summed E-state index contributed by atoms with van der Waals surface area (Å²) in [5.41, 5.74) is 2.49. The molecule has 0 radical (unpaired) electrons. The molecule has 1 aromatic heterocycles. The van der Waals surface area contributed by atoms with Crippen molar-refractivity contribution in [2.75, 3.05) is 13.2 Å². The van der Waals surface area contributed by atoms with E-state index >= 15 is 0 Å². The Kier molecular flexibility index (Phi) is 4.98. The van der Waals surface area contributed by atoms with Crippen LogP contribution in [-0.2, 0) is 13.6 Å². The van der Waals surface area contributed by atoms with Crippen LogP contribution in [0.5, 0.6) is 0 Å². The number of hydrogen-bond donors (Lipinski definition) is 1. The molecule has 0 fully saturated rings. The molecule has 0 atom stereocenters. The lowest BCUT2D eigenvalue weighted by Gasteiger charge is -2.21. The minimum atomic E-state index is -0.233. The molecule has 1 heterocycles. The van der Waals surface area contributed by atoms with Gasteiger partial charge in [-0.1, -0.05) is 41.4 Å². The molecule has 1 amide bonds. The van der Waals surface area contributed by atoms with E-state index in [0.29, 0.717) is 17.3 Å². The number of hydrogen-bond acceptors (Lipinski definition) is 3. The normalized spacial score (nSPS) is 10.7. The van der Waals surface area contributed by atoms with Crippen molar-refractivity contribution < 1.29 is 9.90 Å². The molecular weight excluding hydrogens is 290 g/mol. The molecule has 0 unspecified atom stereocenters. The summed E-state index contributed by atoms with van der Waals surface area (Å²) in [4.78, 5) is 14.1. The van der Waals surface area contributed by atoms with E-state index < -0.39 is 0 Å². The summed E-state index contributed by atoms with van der Waals surface area (Å²) >= 11 is 6.07. The van der Waals surface area contributed by atoms with Crippen LogP contribution in [0.3, 0.4) is 0 Å². The third kappa shape index (κ3) is 3.62. The lowest BCUT2D eigenvalue weighted by Crippen LogP contribution is -2.33. The van der Waals surface area contributed by atoms with E-state index in [4.69, 9.17) is 11.6 Å². The average Bonchev–Trinajstić information content (AvgIpc) is 2.78. The van der Waals surface area contributed by atoms with Gasteiger partial charge in [-0.15, -0.1) is 0 Å². The van der Waals surface area contributed by atoms with E-state index in [1.54, 1.807) is 11.9 Å². The molecule has 1 N–H and O–H groups in total. The fraction of sp³-hybridized carbons (Fsp3) is 0.333. The highest BCUT2D eigenvalue weighted by atomic mass is 35.5. The Labute approximate surface area is 128 Å². The zero-order valence-electron chi connectivity index (χ0n) is 12.1. The van der Waals surface area contributed by atoms with Gasteiger partial charge in [0.2, 0.25) is 0 Å². The lowest BCUT2D eigenvalue weighted by atomic mass is 10.1. The van der Waals surface area contributed by atoms with Crippen molar-refractivity contribution in [3.05, 3.63) is 52.3 Å². The number of carbonyl (C=O) groups excluding carboxylic acids is 1. The molecule has 0 saturated heterocycles. The number of aryl methyl sites for hydroxylation is 2. The number of benzene rings is 1. The first-order valence-corrected chi connectivity index (χ1v) is 7.04. The van der Waals surface area contributed by atoms with E-state index in [9.17, 15) is 9.90 Å². The molecule has 5 nitrogen and oxygen atoms in total. The average molecular weight is 308 g/mol. The predicted octanol–water partition coefficient (Wildman–Crippen LogP) is 2.02. The fourth-order valence-electron chi connectivity index (χ4n) is 2.14. The van der Waals surface area contributed by atoms with Crippen molar-refractivity contribution in [3.63, 3.8) is 0 Å². The van der Waals surface area contributed by atoms with Crippen molar-refractivity contribution in [1.82, 2.24) is 14.7 Å². The Balaban J connectivity index is 2.22. The summed E-state index contributed by atoms with van der Waals surface area (Å²) in [6, 6.07) is 7.92. The topological polar surface area (TPSA) is 58.4 Å². The zero-order chi connectivity index (χ0) is 15.4. The first kappa shape index (κ1) is 15.5. The maximum atomic E-state index is 12.5. The Morgan fingerprint density at radius 1 is 1.48 bits per heavy atom. The van der Waals surface area contributed by atoms with Gasteiger partial charge < -0.3 is 10.0 Å². The first-order chi connectivity index (χ1) is 10.0. The quantitative estimate of drug-likeness (QED) is 0.919. The minimum absolute atomic E-state index is 0.102. The predicted molar refractivity (Wildman–Crippen MR) is 81.2 cm³/mol. The van der Waals surface area contributed by atoms with Crippen LogP contribution in [0.1, 0.15) is 21.5 Å². The molecule has 0 spiro atoms. The molecule has 0 aliphatic heterocycles. The lowest BCUT2D eigenvalue weighted by molar-refractivity contribution is 0.0708. The summed E-state index contributed by atoms with van der Waals surface area (Å²) in [5.74, 6) is -0.233. The Bertz CT molecular complexity index is 640. The van der Waals surface area contributed by atoms with Crippen LogP contribution in [0.2, 0.25) is 5.15 Å². The SMILES string of the molecule is Cc1cccc(CN(CCO)C(=O)c2cnn(C)c2Cl)c1. The second kappa shape index (κ2) is 6.74. The van der Waals surface area contributed by atoms with E-state index in [1.165, 1.54) is 10.9 Å². The number of carbonyl (C=O) groups is 1. The second-order valence-corrected chi connectivity index (χ2v) is 5.27. The number of rotatable bonds is 5. The van der Waals surface area contributed by atoms with Gasteiger partial charge in [-0.2, -0.15) is 5.10 Å². The summed E-state index contributed by atoms with van der Waals surface area (Å²) in [6.45, 7) is 2.57. The number of aliphatic hydroxyl groups is 1. The number of aromatic nitrogens is 2. The summed E-state index contributed by atoms with van der Waals surface area (Å²) in [7, 11) is 1.68. The van der Waals surface area contributed by atoms with Crippen molar-refractivity contribution in [1.29, 1.82) is 0 Å². The highest BCUT2D eigenvalue weighted by Crippen LogP contribution is 2.18. The maximum absolute atomic E-state index is 12.5. The van der Waals surface area contributed by atoms with Crippen molar-refractivity contribution in [2.45, 2.75) is 13.5 Å². The van der Waals surface area contributed by atoms with Crippen LogP contribution in [0.4, 0.5) is 0 Å². The number of halogens is 1. The molecule has 0 bridgehead atoms. The van der Waals surface area contributed by atoms with Gasteiger partial charge >= 0.3 is 0 Å². The smallest absolute Gasteiger partial charge is 0.258 e. The highest BCUT2D eigenvalue weighted by Gasteiger charge is 2.21. The summed E-state index contributed by atoms with van der Waals surface area (Å²) in [6.07, 6.45) is 1.45. The summed E-state index contributed by atoms with van der Waals surface area (Å²) in [5, 5.41) is 13.5. The molecule has 21 heavy (non-hydrogen) atoms. The molecule has 1 aromatic carbocycles. The summed E-state index contributed by atoms with van der Waals surface area (Å²) < 4.78 is 1.44. The van der Waals surface area contributed by atoms with Gasteiger partial charge in [0, 0.05) is 20.1 Å².